The van der Waals surface area contributed by atoms with Crippen molar-refractivity contribution in [2.24, 2.45) is 0 Å². The molecule has 7 heteroatoms. The number of nitrogens with one attached hydrogen (secondary N) is 1. The van der Waals surface area contributed by atoms with E-state index in [-0.39, 0.29) is 11.5 Å². The highest BCUT2D eigenvalue weighted by Crippen LogP contribution is 2.33. The molecule has 0 fully saturated rings. The van der Waals surface area contributed by atoms with E-state index in [0.717, 1.165) is 31.2 Å². The van der Waals surface area contributed by atoms with Crippen LogP contribution in [0.15, 0.2) is 35.1 Å². The minimum atomic E-state index is -0.733. The second-order valence-corrected chi connectivity index (χ2v) is 7.35. The van der Waals surface area contributed by atoms with Gasteiger partial charge in [-0.05, 0) is 50.3 Å². The number of carbonyl (C=O) groups is 1. The number of fused-ring (bicyclic) bond motifs is 3. The first-order chi connectivity index (χ1) is 12.1. The van der Waals surface area contributed by atoms with Gasteiger partial charge in [0.05, 0.1) is 5.39 Å². The molecule has 1 atom stereocenters. The van der Waals surface area contributed by atoms with Crippen molar-refractivity contribution in [2.75, 3.05) is 5.32 Å². The lowest BCUT2D eigenvalue weighted by Crippen LogP contribution is -2.34. The minimum absolute atomic E-state index is 0.222. The van der Waals surface area contributed by atoms with Gasteiger partial charge in [0.25, 0.3) is 5.56 Å². The van der Waals surface area contributed by atoms with Crippen molar-refractivity contribution in [3.8, 4) is 0 Å². The van der Waals surface area contributed by atoms with Crippen molar-refractivity contribution in [2.45, 2.75) is 38.6 Å². The van der Waals surface area contributed by atoms with Gasteiger partial charge in [-0.15, -0.1) is 16.4 Å². The Morgan fingerprint density at radius 3 is 2.80 bits per heavy atom. The first kappa shape index (κ1) is 16.0. The van der Waals surface area contributed by atoms with E-state index in [0.29, 0.717) is 15.9 Å². The van der Waals surface area contributed by atoms with Crippen LogP contribution in [-0.2, 0) is 17.6 Å². The van der Waals surface area contributed by atoms with Crippen molar-refractivity contribution in [1.82, 2.24) is 15.0 Å². The van der Waals surface area contributed by atoms with Crippen molar-refractivity contribution in [1.29, 1.82) is 0 Å². The van der Waals surface area contributed by atoms with Gasteiger partial charge in [0.1, 0.15) is 6.04 Å². The van der Waals surface area contributed by atoms with Crippen LogP contribution in [0.25, 0.3) is 10.2 Å². The number of hydrogen-bond donors (Lipinski definition) is 1. The largest absolute Gasteiger partial charge is 0.324 e. The van der Waals surface area contributed by atoms with Crippen LogP contribution in [0, 0.1) is 0 Å². The molecule has 1 N–H and O–H groups in total. The third-order valence-electron chi connectivity index (χ3n) is 4.59. The predicted molar refractivity (Wildman–Crippen MR) is 98.1 cm³/mol. The number of anilines is 1. The summed E-state index contributed by atoms with van der Waals surface area (Å²) in [6.07, 6.45) is 4.14. The smallest absolute Gasteiger partial charge is 0.279 e. The van der Waals surface area contributed by atoms with Crippen LogP contribution in [-0.4, -0.2) is 20.9 Å². The minimum Gasteiger partial charge on any atom is -0.324 e. The molecule has 1 aliphatic carbocycles. The lowest BCUT2D eigenvalue weighted by atomic mass is 9.97. The van der Waals surface area contributed by atoms with E-state index in [1.165, 1.54) is 9.56 Å². The van der Waals surface area contributed by atoms with Gasteiger partial charge in [0, 0.05) is 10.6 Å². The number of thiophene rings is 1. The van der Waals surface area contributed by atoms with Gasteiger partial charge in [-0.2, -0.15) is 4.68 Å². The SMILES string of the molecule is C[C@H](C(=O)Nc1ccccc1)n1nnc2sc3c(c2c1=O)CCCC3. The summed E-state index contributed by atoms with van der Waals surface area (Å²) in [5.41, 5.74) is 1.57. The van der Waals surface area contributed by atoms with Crippen LogP contribution in [0.1, 0.15) is 36.2 Å². The predicted octanol–water partition coefficient (Wildman–Crippen LogP) is 2.93. The van der Waals surface area contributed by atoms with Crippen LogP contribution in [0.5, 0.6) is 0 Å². The highest BCUT2D eigenvalue weighted by molar-refractivity contribution is 7.18. The van der Waals surface area contributed by atoms with Gasteiger partial charge in [-0.1, -0.05) is 23.4 Å². The molecule has 1 amide bonds. The number of carbonyl (C=O) groups excluding carboxylic acids is 1. The van der Waals surface area contributed by atoms with E-state index in [2.05, 4.69) is 15.6 Å². The normalized spacial score (nSPS) is 14.9. The number of benzene rings is 1. The Morgan fingerprint density at radius 2 is 2.00 bits per heavy atom. The molecule has 0 saturated heterocycles. The quantitative estimate of drug-likeness (QED) is 0.784. The van der Waals surface area contributed by atoms with Gasteiger partial charge in [0.2, 0.25) is 5.91 Å². The number of nitrogens with zero attached hydrogens (tertiary/aromatic N) is 3. The Labute approximate surface area is 148 Å². The van der Waals surface area contributed by atoms with E-state index in [4.69, 9.17) is 0 Å². The van der Waals surface area contributed by atoms with Gasteiger partial charge in [-0.25, -0.2) is 0 Å². The zero-order chi connectivity index (χ0) is 17.4. The van der Waals surface area contributed by atoms with Crippen LogP contribution in [0.2, 0.25) is 0 Å². The van der Waals surface area contributed by atoms with E-state index in [1.807, 2.05) is 18.2 Å². The highest BCUT2D eigenvalue weighted by atomic mass is 32.1. The number of aryl methyl sites for hydroxylation is 2. The molecule has 0 radical (unpaired) electrons. The molecule has 1 aliphatic rings. The highest BCUT2D eigenvalue weighted by Gasteiger charge is 2.24. The molecular formula is C18H18N4O2S. The Hall–Kier alpha value is -2.54. The van der Waals surface area contributed by atoms with Crippen molar-refractivity contribution in [3.63, 3.8) is 0 Å². The third-order valence-corrected chi connectivity index (χ3v) is 5.77. The lowest BCUT2D eigenvalue weighted by Gasteiger charge is -2.14. The summed E-state index contributed by atoms with van der Waals surface area (Å²) < 4.78 is 1.20. The van der Waals surface area contributed by atoms with E-state index in [1.54, 1.807) is 30.4 Å². The van der Waals surface area contributed by atoms with Gasteiger partial charge in [-0.3, -0.25) is 9.59 Å². The van der Waals surface area contributed by atoms with Crippen molar-refractivity contribution >= 4 is 33.1 Å². The molecule has 0 unspecified atom stereocenters. The van der Waals surface area contributed by atoms with Gasteiger partial charge < -0.3 is 5.32 Å². The molecule has 1 aromatic carbocycles. The molecule has 4 rings (SSSR count). The van der Waals surface area contributed by atoms with Crippen molar-refractivity contribution in [3.05, 3.63) is 51.1 Å². The zero-order valence-electron chi connectivity index (χ0n) is 13.9. The standard InChI is InChI=1S/C18H18N4O2S/c1-11(16(23)19-12-7-3-2-4-8-12)22-18(24)15-13-9-5-6-10-14(13)25-17(15)20-21-22/h2-4,7-8,11H,5-6,9-10H2,1H3,(H,19,23)/t11-/m1/s1. The number of hydrogen-bond acceptors (Lipinski definition) is 5. The monoisotopic (exact) mass is 354 g/mol. The summed E-state index contributed by atoms with van der Waals surface area (Å²) in [6, 6.07) is 8.44. The second kappa shape index (κ2) is 6.40. The van der Waals surface area contributed by atoms with Crippen LogP contribution >= 0.6 is 11.3 Å². The molecule has 3 aromatic rings. The van der Waals surface area contributed by atoms with Crippen molar-refractivity contribution < 1.29 is 4.79 Å². The Morgan fingerprint density at radius 1 is 1.24 bits per heavy atom. The number of rotatable bonds is 3. The Bertz CT molecular complexity index is 993. The fraction of sp³-hybridized carbons (Fsp3) is 0.333. The topological polar surface area (TPSA) is 76.9 Å². The number of aromatic nitrogens is 3. The Balaban J connectivity index is 1.70. The molecule has 25 heavy (non-hydrogen) atoms. The van der Waals surface area contributed by atoms with Gasteiger partial charge in [0.15, 0.2) is 4.83 Å². The fourth-order valence-corrected chi connectivity index (χ4v) is 4.42. The zero-order valence-corrected chi connectivity index (χ0v) is 14.7. The maximum atomic E-state index is 12.9. The maximum Gasteiger partial charge on any atom is 0.279 e. The molecule has 128 valence electrons. The summed E-state index contributed by atoms with van der Waals surface area (Å²) in [5, 5.41) is 11.7. The fourth-order valence-electron chi connectivity index (χ4n) is 3.22. The first-order valence-corrected chi connectivity index (χ1v) is 9.22. The van der Waals surface area contributed by atoms with Crippen LogP contribution in [0.4, 0.5) is 5.69 Å². The number of para-hydroxylation sites is 1. The third kappa shape index (κ3) is 2.84. The molecular weight excluding hydrogens is 336 g/mol. The molecule has 0 bridgehead atoms. The molecule has 0 spiro atoms. The summed E-state index contributed by atoms with van der Waals surface area (Å²) in [7, 11) is 0. The second-order valence-electron chi connectivity index (χ2n) is 6.26. The molecule has 2 heterocycles. The average molecular weight is 354 g/mol. The molecule has 6 nitrogen and oxygen atoms in total. The number of amides is 1. The van der Waals surface area contributed by atoms with E-state index >= 15 is 0 Å². The summed E-state index contributed by atoms with van der Waals surface area (Å²) in [5.74, 6) is -0.286. The molecule has 0 saturated carbocycles. The maximum absolute atomic E-state index is 12.9. The van der Waals surface area contributed by atoms with Crippen LogP contribution < -0.4 is 10.9 Å². The lowest BCUT2D eigenvalue weighted by molar-refractivity contribution is -0.119. The van der Waals surface area contributed by atoms with E-state index < -0.39 is 6.04 Å². The molecule has 0 aliphatic heterocycles. The van der Waals surface area contributed by atoms with Crippen LogP contribution in [0.3, 0.4) is 0 Å². The Kier molecular flexibility index (Phi) is 4.09. The van der Waals surface area contributed by atoms with Gasteiger partial charge >= 0.3 is 0 Å². The van der Waals surface area contributed by atoms with E-state index in [9.17, 15) is 9.59 Å². The summed E-state index contributed by atoms with van der Waals surface area (Å²) >= 11 is 1.56. The average Bonchev–Trinajstić information content (AvgIpc) is 3.01. The first-order valence-electron chi connectivity index (χ1n) is 8.41. The summed E-state index contributed by atoms with van der Waals surface area (Å²) in [6.45, 7) is 1.67. The molecule has 2 aromatic heterocycles. The summed E-state index contributed by atoms with van der Waals surface area (Å²) in [4.78, 5) is 27.4.